The first-order chi connectivity index (χ1) is 8.52. The first-order valence-electron chi connectivity index (χ1n) is 5.80. The molecule has 0 saturated carbocycles. The molecule has 2 rings (SSSR count). The zero-order valence-corrected chi connectivity index (χ0v) is 10.2. The number of aryl methyl sites for hydroxylation is 1. The van der Waals surface area contributed by atoms with Crippen molar-refractivity contribution in [2.24, 2.45) is 0 Å². The Morgan fingerprint density at radius 3 is 3.00 bits per heavy atom. The molecule has 0 bridgehead atoms. The molecule has 18 heavy (non-hydrogen) atoms. The lowest BCUT2D eigenvalue weighted by Gasteiger charge is -2.21. The highest BCUT2D eigenvalue weighted by atomic mass is 16.6. The number of nitrogens with one attached hydrogen (secondary N) is 1. The summed E-state index contributed by atoms with van der Waals surface area (Å²) in [6, 6.07) is 5.08. The summed E-state index contributed by atoms with van der Waals surface area (Å²) < 4.78 is 5.13. The smallest absolute Gasteiger partial charge is 0.295 e. The van der Waals surface area contributed by atoms with E-state index >= 15 is 0 Å². The van der Waals surface area contributed by atoms with Crippen LogP contribution in [0.1, 0.15) is 12.0 Å². The Labute approximate surface area is 105 Å². The minimum atomic E-state index is -0.933. The number of aliphatic hydroxyl groups is 1. The van der Waals surface area contributed by atoms with E-state index in [0.717, 1.165) is 0 Å². The first-order valence-corrected chi connectivity index (χ1v) is 5.80. The van der Waals surface area contributed by atoms with Crippen LogP contribution < -0.4 is 5.32 Å². The van der Waals surface area contributed by atoms with Gasteiger partial charge in [-0.15, -0.1) is 0 Å². The number of nitro groups is 1. The van der Waals surface area contributed by atoms with Crippen LogP contribution in [0.4, 0.5) is 11.4 Å². The maximum Gasteiger partial charge on any atom is 0.295 e. The van der Waals surface area contributed by atoms with Crippen molar-refractivity contribution in [1.82, 2.24) is 0 Å². The van der Waals surface area contributed by atoms with Crippen LogP contribution in [-0.2, 0) is 4.74 Å². The van der Waals surface area contributed by atoms with Gasteiger partial charge in [-0.05, 0) is 13.0 Å². The molecule has 1 saturated heterocycles. The van der Waals surface area contributed by atoms with Crippen LogP contribution in [-0.4, -0.2) is 35.4 Å². The third-order valence-corrected chi connectivity index (χ3v) is 3.11. The molecule has 6 nitrogen and oxygen atoms in total. The lowest BCUT2D eigenvalue weighted by molar-refractivity contribution is -0.384. The number of anilines is 1. The molecule has 0 amide bonds. The maximum absolute atomic E-state index is 11.0. The first kappa shape index (κ1) is 12.8. The summed E-state index contributed by atoms with van der Waals surface area (Å²) in [7, 11) is 0. The van der Waals surface area contributed by atoms with Gasteiger partial charge in [-0.3, -0.25) is 10.1 Å². The predicted molar refractivity (Wildman–Crippen MR) is 66.7 cm³/mol. The summed E-state index contributed by atoms with van der Waals surface area (Å²) in [6.07, 6.45) is 0.541. The Hall–Kier alpha value is -1.66. The van der Waals surface area contributed by atoms with Crippen molar-refractivity contribution in [3.05, 3.63) is 33.9 Å². The number of hydrogen-bond donors (Lipinski definition) is 2. The number of rotatable bonds is 4. The second-order valence-electron chi connectivity index (χ2n) is 4.61. The Balaban J connectivity index is 2.14. The van der Waals surface area contributed by atoms with E-state index in [0.29, 0.717) is 24.3 Å². The fourth-order valence-electron chi connectivity index (χ4n) is 2.04. The van der Waals surface area contributed by atoms with Gasteiger partial charge in [-0.2, -0.15) is 0 Å². The summed E-state index contributed by atoms with van der Waals surface area (Å²) in [5.74, 6) is 0. The third kappa shape index (κ3) is 2.60. The molecule has 0 aliphatic carbocycles. The van der Waals surface area contributed by atoms with Crippen molar-refractivity contribution < 1.29 is 14.8 Å². The van der Waals surface area contributed by atoms with Gasteiger partial charge >= 0.3 is 0 Å². The molecule has 0 radical (unpaired) electrons. The fourth-order valence-corrected chi connectivity index (χ4v) is 2.04. The highest BCUT2D eigenvalue weighted by Gasteiger charge is 2.32. The van der Waals surface area contributed by atoms with Gasteiger partial charge in [0.2, 0.25) is 0 Å². The van der Waals surface area contributed by atoms with Crippen molar-refractivity contribution in [2.75, 3.05) is 25.1 Å². The average molecular weight is 252 g/mol. The Bertz CT molecular complexity index is 455. The van der Waals surface area contributed by atoms with Gasteiger partial charge < -0.3 is 15.2 Å². The Morgan fingerprint density at radius 1 is 1.61 bits per heavy atom. The van der Waals surface area contributed by atoms with Crippen molar-refractivity contribution >= 4 is 11.4 Å². The van der Waals surface area contributed by atoms with Crippen LogP contribution >= 0.6 is 0 Å². The molecule has 0 spiro atoms. The summed E-state index contributed by atoms with van der Waals surface area (Å²) >= 11 is 0. The number of para-hydroxylation sites is 1. The number of benzene rings is 1. The van der Waals surface area contributed by atoms with Crippen molar-refractivity contribution in [1.29, 1.82) is 0 Å². The number of ether oxygens (including phenoxy) is 1. The molecule has 1 aliphatic rings. The molecule has 2 N–H and O–H groups in total. The quantitative estimate of drug-likeness (QED) is 0.626. The molecular weight excluding hydrogens is 236 g/mol. The van der Waals surface area contributed by atoms with E-state index in [1.54, 1.807) is 25.1 Å². The standard InChI is InChI=1S/C12H16N2O4/c1-9-3-2-4-10(11(9)14(16)17)13-7-12(15)5-6-18-8-12/h2-4,13,15H,5-8H2,1H3. The van der Waals surface area contributed by atoms with Crippen LogP contribution in [0.2, 0.25) is 0 Å². The molecular formula is C12H16N2O4. The van der Waals surface area contributed by atoms with E-state index in [2.05, 4.69) is 5.32 Å². The maximum atomic E-state index is 11.0. The molecule has 1 aromatic carbocycles. The van der Waals surface area contributed by atoms with Crippen LogP contribution in [0.25, 0.3) is 0 Å². The van der Waals surface area contributed by atoms with Crippen molar-refractivity contribution in [2.45, 2.75) is 18.9 Å². The van der Waals surface area contributed by atoms with Gasteiger partial charge in [0, 0.05) is 25.1 Å². The summed E-state index contributed by atoms with van der Waals surface area (Å²) in [4.78, 5) is 10.6. The van der Waals surface area contributed by atoms with Crippen molar-refractivity contribution in [3.63, 3.8) is 0 Å². The molecule has 1 fully saturated rings. The van der Waals surface area contributed by atoms with Gasteiger partial charge in [-0.1, -0.05) is 12.1 Å². The van der Waals surface area contributed by atoms with Crippen LogP contribution in [0.5, 0.6) is 0 Å². The zero-order chi connectivity index (χ0) is 13.2. The third-order valence-electron chi connectivity index (χ3n) is 3.11. The molecule has 1 aliphatic heterocycles. The van der Waals surface area contributed by atoms with E-state index in [1.165, 1.54) is 0 Å². The van der Waals surface area contributed by atoms with Gasteiger partial charge in [0.1, 0.15) is 11.3 Å². The fraction of sp³-hybridized carbons (Fsp3) is 0.500. The van der Waals surface area contributed by atoms with Crippen LogP contribution in [0, 0.1) is 17.0 Å². The van der Waals surface area contributed by atoms with E-state index in [-0.39, 0.29) is 18.8 Å². The van der Waals surface area contributed by atoms with Gasteiger partial charge in [-0.25, -0.2) is 0 Å². The normalized spacial score (nSPS) is 23.0. The molecule has 6 heteroatoms. The summed E-state index contributed by atoms with van der Waals surface area (Å²) in [5, 5.41) is 24.0. The van der Waals surface area contributed by atoms with Gasteiger partial charge in [0.25, 0.3) is 5.69 Å². The molecule has 98 valence electrons. The van der Waals surface area contributed by atoms with Gasteiger partial charge in [0.05, 0.1) is 11.5 Å². The second kappa shape index (κ2) is 4.91. The van der Waals surface area contributed by atoms with Crippen LogP contribution in [0.15, 0.2) is 18.2 Å². The second-order valence-corrected chi connectivity index (χ2v) is 4.61. The van der Waals surface area contributed by atoms with E-state index in [9.17, 15) is 15.2 Å². The molecule has 1 unspecified atom stereocenters. The predicted octanol–water partition coefficient (Wildman–Crippen LogP) is 1.47. The van der Waals surface area contributed by atoms with E-state index < -0.39 is 10.5 Å². The molecule has 1 atom stereocenters. The van der Waals surface area contributed by atoms with E-state index in [4.69, 9.17) is 4.74 Å². The number of hydrogen-bond acceptors (Lipinski definition) is 5. The minimum absolute atomic E-state index is 0.0556. The lowest BCUT2D eigenvalue weighted by Crippen LogP contribution is -2.37. The summed E-state index contributed by atoms with van der Waals surface area (Å²) in [5.41, 5.74) is 0.150. The SMILES string of the molecule is Cc1cccc(NCC2(O)CCOC2)c1[N+](=O)[O-]. The largest absolute Gasteiger partial charge is 0.386 e. The molecule has 1 heterocycles. The number of nitro benzene ring substituents is 1. The minimum Gasteiger partial charge on any atom is -0.386 e. The Morgan fingerprint density at radius 2 is 2.39 bits per heavy atom. The zero-order valence-electron chi connectivity index (χ0n) is 10.2. The molecule has 1 aromatic rings. The lowest BCUT2D eigenvalue weighted by atomic mass is 10.0. The summed E-state index contributed by atoms with van der Waals surface area (Å²) in [6.45, 7) is 2.72. The monoisotopic (exact) mass is 252 g/mol. The molecule has 0 aromatic heterocycles. The van der Waals surface area contributed by atoms with Crippen molar-refractivity contribution in [3.8, 4) is 0 Å². The number of nitrogens with zero attached hydrogens (tertiary/aromatic N) is 1. The highest BCUT2D eigenvalue weighted by Crippen LogP contribution is 2.29. The highest BCUT2D eigenvalue weighted by molar-refractivity contribution is 5.65. The van der Waals surface area contributed by atoms with Gasteiger partial charge in [0.15, 0.2) is 0 Å². The van der Waals surface area contributed by atoms with Crippen LogP contribution in [0.3, 0.4) is 0 Å². The average Bonchev–Trinajstić information content (AvgIpc) is 2.73. The van der Waals surface area contributed by atoms with E-state index in [1.807, 2.05) is 0 Å². The Kier molecular flexibility index (Phi) is 3.49. The topological polar surface area (TPSA) is 84.6 Å².